The van der Waals surface area contributed by atoms with Gasteiger partial charge in [-0.25, -0.2) is 8.42 Å². The first-order chi connectivity index (χ1) is 11.9. The van der Waals surface area contributed by atoms with E-state index in [1.807, 2.05) is 36.0 Å². The highest BCUT2D eigenvalue weighted by Crippen LogP contribution is 2.21. The molecular formula is C16H22N6O2S. The van der Waals surface area contributed by atoms with Crippen LogP contribution in [-0.4, -0.2) is 66.8 Å². The van der Waals surface area contributed by atoms with E-state index < -0.39 is 9.84 Å². The van der Waals surface area contributed by atoms with Crippen molar-refractivity contribution in [1.82, 2.24) is 20.2 Å². The maximum absolute atomic E-state index is 11.7. The summed E-state index contributed by atoms with van der Waals surface area (Å²) in [4.78, 5) is 12.4. The van der Waals surface area contributed by atoms with Gasteiger partial charge < -0.3 is 9.80 Å². The van der Waals surface area contributed by atoms with Crippen molar-refractivity contribution < 1.29 is 8.42 Å². The molecule has 1 saturated heterocycles. The quantitative estimate of drug-likeness (QED) is 0.736. The van der Waals surface area contributed by atoms with Crippen molar-refractivity contribution in [3.05, 3.63) is 36.3 Å². The molecule has 0 radical (unpaired) electrons. The summed E-state index contributed by atoms with van der Waals surface area (Å²) in [5.74, 6) is 1.54. The molecule has 0 aliphatic carbocycles. The Bertz CT molecular complexity index is 814. The largest absolute Gasteiger partial charge is 0.358 e. The Kier molecular flexibility index (Phi) is 5.12. The lowest BCUT2D eigenvalue weighted by Gasteiger charge is -2.24. The molecule has 0 saturated carbocycles. The first-order valence-electron chi connectivity index (χ1n) is 8.17. The normalized spacial score (nSPS) is 18.9. The van der Waals surface area contributed by atoms with Gasteiger partial charge in [0.2, 0.25) is 5.95 Å². The molecule has 134 valence electrons. The molecule has 2 aromatic rings. The van der Waals surface area contributed by atoms with E-state index in [0.29, 0.717) is 18.2 Å². The predicted molar refractivity (Wildman–Crippen MR) is 96.5 cm³/mol. The van der Waals surface area contributed by atoms with E-state index in [1.54, 1.807) is 18.6 Å². The third kappa shape index (κ3) is 4.41. The summed E-state index contributed by atoms with van der Waals surface area (Å²) in [5, 5.41) is 8.10. The Balaban J connectivity index is 1.66. The molecule has 0 amide bonds. The smallest absolute Gasteiger partial charge is 0.247 e. The molecule has 1 unspecified atom stereocenters. The number of hydrogen-bond donors (Lipinski definition) is 0. The number of likely N-dealkylation sites (N-methyl/N-ethyl adjacent to an activating group) is 1. The van der Waals surface area contributed by atoms with Gasteiger partial charge in [-0.1, -0.05) is 0 Å². The Hall–Kier alpha value is -2.29. The molecule has 2 aromatic heterocycles. The van der Waals surface area contributed by atoms with Gasteiger partial charge in [-0.2, -0.15) is 10.1 Å². The first-order valence-corrected chi connectivity index (χ1v) is 10.00. The number of rotatable bonds is 6. The van der Waals surface area contributed by atoms with Crippen LogP contribution in [0, 0.1) is 0 Å². The molecule has 1 atom stereocenters. The van der Waals surface area contributed by atoms with Gasteiger partial charge in [0.15, 0.2) is 15.7 Å². The minimum atomic E-state index is -2.95. The Labute approximate surface area is 147 Å². The second-order valence-corrected chi connectivity index (χ2v) is 8.54. The molecular weight excluding hydrogens is 340 g/mol. The van der Waals surface area contributed by atoms with Gasteiger partial charge in [0.25, 0.3) is 0 Å². The topological polar surface area (TPSA) is 92.2 Å². The van der Waals surface area contributed by atoms with E-state index in [-0.39, 0.29) is 17.5 Å². The second-order valence-electron chi connectivity index (χ2n) is 6.31. The molecule has 25 heavy (non-hydrogen) atoms. The average molecular weight is 362 g/mol. The third-order valence-corrected chi connectivity index (χ3v) is 6.23. The molecule has 0 bridgehead atoms. The van der Waals surface area contributed by atoms with Gasteiger partial charge in [-0.15, -0.1) is 5.10 Å². The maximum atomic E-state index is 11.7. The fraction of sp³-hybridized carbons (Fsp3) is 0.500. The van der Waals surface area contributed by atoms with Gasteiger partial charge in [0.1, 0.15) is 0 Å². The van der Waals surface area contributed by atoms with Crippen molar-refractivity contribution in [3.63, 3.8) is 0 Å². The summed E-state index contributed by atoms with van der Waals surface area (Å²) in [6, 6.07) is 3.89. The summed E-state index contributed by atoms with van der Waals surface area (Å²) in [7, 11) is 0.829. The molecule has 0 N–H and O–H groups in total. The summed E-state index contributed by atoms with van der Waals surface area (Å²) in [5.41, 5.74) is 1.21. The van der Waals surface area contributed by atoms with Gasteiger partial charge in [-0.05, 0) is 30.5 Å². The van der Waals surface area contributed by atoms with E-state index >= 15 is 0 Å². The number of nitrogens with zero attached hydrogens (tertiary/aromatic N) is 6. The summed E-state index contributed by atoms with van der Waals surface area (Å²) in [6.45, 7) is 0.781. The van der Waals surface area contributed by atoms with Crippen LogP contribution < -0.4 is 9.80 Å². The Morgan fingerprint density at radius 1 is 1.24 bits per heavy atom. The van der Waals surface area contributed by atoms with Gasteiger partial charge in [0.05, 0.1) is 17.7 Å². The summed E-state index contributed by atoms with van der Waals surface area (Å²) in [6.07, 6.45) is 6.66. The van der Waals surface area contributed by atoms with Crippen LogP contribution >= 0.6 is 0 Å². The SMILES string of the molecule is CN(CCc1ccncc1)c1cnnc(N(C)C2CCS(=O)(=O)C2)n1. The Morgan fingerprint density at radius 3 is 2.68 bits per heavy atom. The maximum Gasteiger partial charge on any atom is 0.247 e. The van der Waals surface area contributed by atoms with Crippen molar-refractivity contribution in [2.24, 2.45) is 0 Å². The van der Waals surface area contributed by atoms with E-state index in [0.717, 1.165) is 13.0 Å². The van der Waals surface area contributed by atoms with Crippen LogP contribution in [0.4, 0.5) is 11.8 Å². The van der Waals surface area contributed by atoms with Crippen LogP contribution in [0.3, 0.4) is 0 Å². The number of hydrogen-bond acceptors (Lipinski definition) is 8. The molecule has 0 spiro atoms. The van der Waals surface area contributed by atoms with Crippen LogP contribution in [0.25, 0.3) is 0 Å². The molecule has 1 fully saturated rings. The first kappa shape index (κ1) is 17.5. The molecule has 0 aromatic carbocycles. The number of sulfone groups is 1. The highest BCUT2D eigenvalue weighted by molar-refractivity contribution is 7.91. The van der Waals surface area contributed by atoms with Crippen LogP contribution in [-0.2, 0) is 16.3 Å². The van der Waals surface area contributed by atoms with Crippen LogP contribution in [0.2, 0.25) is 0 Å². The zero-order valence-electron chi connectivity index (χ0n) is 14.4. The molecule has 8 nitrogen and oxygen atoms in total. The number of aromatic nitrogens is 4. The van der Waals surface area contributed by atoms with Gasteiger partial charge >= 0.3 is 0 Å². The zero-order chi connectivity index (χ0) is 17.9. The lowest BCUT2D eigenvalue weighted by atomic mass is 10.2. The Morgan fingerprint density at radius 2 is 2.00 bits per heavy atom. The van der Waals surface area contributed by atoms with Gasteiger partial charge in [0, 0.05) is 39.1 Å². The third-order valence-electron chi connectivity index (χ3n) is 4.48. The highest BCUT2D eigenvalue weighted by atomic mass is 32.2. The van der Waals surface area contributed by atoms with Gasteiger partial charge in [-0.3, -0.25) is 4.98 Å². The second kappa shape index (κ2) is 7.30. The zero-order valence-corrected chi connectivity index (χ0v) is 15.2. The van der Waals surface area contributed by atoms with Crippen LogP contribution in [0.5, 0.6) is 0 Å². The fourth-order valence-electron chi connectivity index (χ4n) is 2.82. The van der Waals surface area contributed by atoms with Crippen molar-refractivity contribution in [3.8, 4) is 0 Å². The lowest BCUT2D eigenvalue weighted by Crippen LogP contribution is -2.34. The monoisotopic (exact) mass is 362 g/mol. The molecule has 1 aliphatic rings. The van der Waals surface area contributed by atoms with Crippen molar-refractivity contribution >= 4 is 21.6 Å². The molecule has 3 heterocycles. The van der Waals surface area contributed by atoms with E-state index in [2.05, 4.69) is 20.2 Å². The standard InChI is InChI=1S/C16H22N6O2S/c1-21(9-5-13-3-7-17-8-4-13)15-11-18-20-16(19-15)22(2)14-6-10-25(23,24)12-14/h3-4,7-8,11,14H,5-6,9-10,12H2,1-2H3. The highest BCUT2D eigenvalue weighted by Gasteiger charge is 2.32. The molecule has 3 rings (SSSR count). The number of anilines is 2. The number of pyridine rings is 1. The van der Waals surface area contributed by atoms with Crippen LogP contribution in [0.1, 0.15) is 12.0 Å². The summed E-state index contributed by atoms with van der Waals surface area (Å²) >= 11 is 0. The van der Waals surface area contributed by atoms with E-state index in [4.69, 9.17) is 0 Å². The van der Waals surface area contributed by atoms with E-state index in [9.17, 15) is 8.42 Å². The average Bonchev–Trinajstić information content (AvgIpc) is 3.00. The fourth-order valence-corrected chi connectivity index (χ4v) is 4.60. The summed E-state index contributed by atoms with van der Waals surface area (Å²) < 4.78 is 23.4. The molecule has 9 heteroatoms. The van der Waals surface area contributed by atoms with Crippen molar-refractivity contribution in [2.45, 2.75) is 18.9 Å². The van der Waals surface area contributed by atoms with E-state index in [1.165, 1.54) is 5.56 Å². The predicted octanol–water partition coefficient (Wildman–Crippen LogP) is 0.569. The lowest BCUT2D eigenvalue weighted by molar-refractivity contribution is 0.600. The minimum Gasteiger partial charge on any atom is -0.358 e. The van der Waals surface area contributed by atoms with Crippen molar-refractivity contribution in [1.29, 1.82) is 0 Å². The minimum absolute atomic E-state index is 0.0934. The van der Waals surface area contributed by atoms with Crippen molar-refractivity contribution in [2.75, 3.05) is 41.9 Å². The molecule has 1 aliphatic heterocycles. The van der Waals surface area contributed by atoms with Crippen LogP contribution in [0.15, 0.2) is 30.7 Å².